The Kier molecular flexibility index (Phi) is 3.89. The van der Waals surface area contributed by atoms with Gasteiger partial charge < -0.3 is 5.32 Å². The van der Waals surface area contributed by atoms with Crippen LogP contribution in [0.3, 0.4) is 0 Å². The lowest BCUT2D eigenvalue weighted by Gasteiger charge is -2.08. The second kappa shape index (κ2) is 5.60. The van der Waals surface area contributed by atoms with Gasteiger partial charge in [-0.3, -0.25) is 14.8 Å². The van der Waals surface area contributed by atoms with Crippen LogP contribution in [0.2, 0.25) is 5.02 Å². The Labute approximate surface area is 110 Å². The van der Waals surface area contributed by atoms with Gasteiger partial charge in [0.25, 0.3) is 5.91 Å². The molecule has 0 radical (unpaired) electrons. The second-order valence-corrected chi connectivity index (χ2v) is 4.25. The highest BCUT2D eigenvalue weighted by atomic mass is 35.5. The molecule has 18 heavy (non-hydrogen) atoms. The van der Waals surface area contributed by atoms with Crippen molar-refractivity contribution in [2.45, 2.75) is 13.5 Å². The predicted molar refractivity (Wildman–Crippen MR) is 69.4 cm³/mol. The molecule has 2 heterocycles. The van der Waals surface area contributed by atoms with Crippen LogP contribution in [-0.2, 0) is 6.54 Å². The van der Waals surface area contributed by atoms with Crippen molar-refractivity contribution >= 4 is 17.5 Å². The topological polar surface area (TPSA) is 54.9 Å². The average molecular weight is 262 g/mol. The fraction of sp³-hybridized carbons (Fsp3) is 0.154. The molecule has 92 valence electrons. The van der Waals surface area contributed by atoms with Crippen molar-refractivity contribution in [1.29, 1.82) is 0 Å². The molecule has 0 spiro atoms. The number of amides is 1. The molecular formula is C13H12ClN3O. The van der Waals surface area contributed by atoms with Gasteiger partial charge in [-0.25, -0.2) is 0 Å². The highest BCUT2D eigenvalue weighted by Crippen LogP contribution is 2.13. The van der Waals surface area contributed by atoms with Crippen molar-refractivity contribution in [1.82, 2.24) is 15.3 Å². The average Bonchev–Trinajstić information content (AvgIpc) is 2.38. The summed E-state index contributed by atoms with van der Waals surface area (Å²) in [6.07, 6.45) is 6.47. The summed E-state index contributed by atoms with van der Waals surface area (Å²) in [5, 5.41) is 3.20. The number of pyridine rings is 2. The van der Waals surface area contributed by atoms with Crippen molar-refractivity contribution in [3.63, 3.8) is 0 Å². The van der Waals surface area contributed by atoms with Gasteiger partial charge in [0.1, 0.15) is 0 Å². The summed E-state index contributed by atoms with van der Waals surface area (Å²) in [5.41, 5.74) is 2.44. The first-order chi connectivity index (χ1) is 8.68. The van der Waals surface area contributed by atoms with Crippen LogP contribution >= 0.6 is 11.6 Å². The summed E-state index contributed by atoms with van der Waals surface area (Å²) in [7, 11) is 0. The number of carbonyl (C=O) groups excluding carboxylic acids is 1. The van der Waals surface area contributed by atoms with E-state index >= 15 is 0 Å². The van der Waals surface area contributed by atoms with E-state index in [1.165, 1.54) is 6.20 Å². The maximum Gasteiger partial charge on any atom is 0.254 e. The summed E-state index contributed by atoms with van der Waals surface area (Å²) in [6.45, 7) is 2.39. The van der Waals surface area contributed by atoms with Crippen molar-refractivity contribution in [3.05, 3.63) is 58.6 Å². The molecule has 0 saturated carbocycles. The normalized spacial score (nSPS) is 10.1. The zero-order valence-corrected chi connectivity index (χ0v) is 10.6. The number of hydrogen-bond donors (Lipinski definition) is 1. The second-order valence-electron chi connectivity index (χ2n) is 3.84. The van der Waals surface area contributed by atoms with Crippen molar-refractivity contribution in [2.75, 3.05) is 0 Å². The van der Waals surface area contributed by atoms with Crippen LogP contribution in [0.4, 0.5) is 0 Å². The quantitative estimate of drug-likeness (QED) is 0.923. The van der Waals surface area contributed by atoms with Crippen LogP contribution in [0.25, 0.3) is 0 Å². The maximum atomic E-state index is 11.9. The molecule has 0 aliphatic heterocycles. The fourth-order valence-corrected chi connectivity index (χ4v) is 1.71. The van der Waals surface area contributed by atoms with E-state index in [1.807, 2.05) is 13.0 Å². The number of rotatable bonds is 3. The van der Waals surface area contributed by atoms with Gasteiger partial charge in [-0.15, -0.1) is 0 Å². The van der Waals surface area contributed by atoms with Crippen molar-refractivity contribution in [2.24, 2.45) is 0 Å². The molecule has 1 N–H and O–H groups in total. The molecule has 0 bridgehead atoms. The molecule has 0 fully saturated rings. The van der Waals surface area contributed by atoms with E-state index in [4.69, 9.17) is 11.6 Å². The van der Waals surface area contributed by atoms with Crippen LogP contribution in [0.15, 0.2) is 36.9 Å². The first-order valence-corrected chi connectivity index (χ1v) is 5.83. The van der Waals surface area contributed by atoms with Crippen molar-refractivity contribution < 1.29 is 4.79 Å². The molecule has 0 aliphatic carbocycles. The zero-order valence-electron chi connectivity index (χ0n) is 9.85. The van der Waals surface area contributed by atoms with Gasteiger partial charge in [0.2, 0.25) is 0 Å². The Morgan fingerprint density at radius 2 is 2.00 bits per heavy atom. The molecule has 0 aromatic carbocycles. The minimum Gasteiger partial charge on any atom is -0.348 e. The molecule has 1 amide bonds. The lowest BCUT2D eigenvalue weighted by Crippen LogP contribution is -2.23. The lowest BCUT2D eigenvalue weighted by atomic mass is 10.1. The van der Waals surface area contributed by atoms with E-state index in [2.05, 4.69) is 15.3 Å². The van der Waals surface area contributed by atoms with Crippen LogP contribution in [0, 0.1) is 6.92 Å². The third-order valence-electron chi connectivity index (χ3n) is 2.59. The Hall–Kier alpha value is -1.94. The molecule has 4 nitrogen and oxygen atoms in total. The summed E-state index contributed by atoms with van der Waals surface area (Å²) >= 11 is 5.92. The molecule has 2 rings (SSSR count). The largest absolute Gasteiger partial charge is 0.348 e. The predicted octanol–water partition coefficient (Wildman–Crippen LogP) is 2.37. The number of aryl methyl sites for hydroxylation is 1. The number of nitrogens with one attached hydrogen (secondary N) is 1. The maximum absolute atomic E-state index is 11.9. The number of carbonyl (C=O) groups is 1. The Morgan fingerprint density at radius 3 is 2.72 bits per heavy atom. The number of nitrogens with zero attached hydrogens (tertiary/aromatic N) is 2. The third-order valence-corrected chi connectivity index (χ3v) is 2.92. The molecule has 2 aromatic heterocycles. The summed E-state index contributed by atoms with van der Waals surface area (Å²) in [4.78, 5) is 19.8. The van der Waals surface area contributed by atoms with Gasteiger partial charge in [-0.05, 0) is 30.2 Å². The summed E-state index contributed by atoms with van der Waals surface area (Å²) in [6, 6.07) is 3.47. The number of aromatic nitrogens is 2. The van der Waals surface area contributed by atoms with Gasteiger partial charge >= 0.3 is 0 Å². The van der Waals surface area contributed by atoms with Gasteiger partial charge in [-0.2, -0.15) is 0 Å². The lowest BCUT2D eigenvalue weighted by molar-refractivity contribution is 0.0950. The monoisotopic (exact) mass is 261 g/mol. The zero-order chi connectivity index (χ0) is 13.0. The van der Waals surface area contributed by atoms with Gasteiger partial charge in [-0.1, -0.05) is 11.6 Å². The Balaban J connectivity index is 2.06. The minimum atomic E-state index is -0.232. The first kappa shape index (κ1) is 12.5. The van der Waals surface area contributed by atoms with Crippen molar-refractivity contribution in [3.8, 4) is 0 Å². The molecule has 0 unspecified atom stereocenters. The SMILES string of the molecule is Cc1cnccc1CNC(=O)c1cnccc1Cl. The summed E-state index contributed by atoms with van der Waals surface area (Å²) in [5.74, 6) is -0.232. The molecule has 5 heteroatoms. The van der Waals surface area contributed by atoms with E-state index in [0.717, 1.165) is 11.1 Å². The Bertz CT molecular complexity index is 572. The van der Waals surface area contributed by atoms with Gasteiger partial charge in [0.15, 0.2) is 0 Å². The van der Waals surface area contributed by atoms with E-state index in [9.17, 15) is 4.79 Å². The van der Waals surface area contributed by atoms with Crippen LogP contribution < -0.4 is 5.32 Å². The smallest absolute Gasteiger partial charge is 0.254 e. The van der Waals surface area contributed by atoms with Gasteiger partial charge in [0, 0.05) is 31.3 Å². The first-order valence-electron chi connectivity index (χ1n) is 5.45. The van der Waals surface area contributed by atoms with E-state index in [1.54, 1.807) is 24.7 Å². The minimum absolute atomic E-state index is 0.232. The number of halogens is 1. The molecule has 0 aliphatic rings. The van der Waals surface area contributed by atoms with E-state index < -0.39 is 0 Å². The summed E-state index contributed by atoms with van der Waals surface area (Å²) < 4.78 is 0. The highest BCUT2D eigenvalue weighted by Gasteiger charge is 2.10. The van der Waals surface area contributed by atoms with Crippen LogP contribution in [0.5, 0.6) is 0 Å². The van der Waals surface area contributed by atoms with E-state index in [-0.39, 0.29) is 5.91 Å². The molecular weight excluding hydrogens is 250 g/mol. The van der Waals surface area contributed by atoms with Crippen LogP contribution in [0.1, 0.15) is 21.5 Å². The third kappa shape index (κ3) is 2.84. The fourth-order valence-electron chi connectivity index (χ4n) is 1.52. The standard InChI is InChI=1S/C13H12ClN3O/c1-9-6-15-4-2-10(9)7-17-13(18)11-8-16-5-3-12(11)14/h2-6,8H,7H2,1H3,(H,17,18). The Morgan fingerprint density at radius 1 is 1.28 bits per heavy atom. The van der Waals surface area contributed by atoms with Crippen LogP contribution in [-0.4, -0.2) is 15.9 Å². The molecule has 0 saturated heterocycles. The van der Waals surface area contributed by atoms with E-state index in [0.29, 0.717) is 17.1 Å². The molecule has 0 atom stereocenters. The van der Waals surface area contributed by atoms with Gasteiger partial charge in [0.05, 0.1) is 10.6 Å². The number of hydrogen-bond acceptors (Lipinski definition) is 3. The molecule has 2 aromatic rings. The highest BCUT2D eigenvalue weighted by molar-refractivity contribution is 6.33.